The van der Waals surface area contributed by atoms with Crippen LogP contribution in [0.25, 0.3) is 0 Å². The molecule has 1 aliphatic carbocycles. The Hall–Kier alpha value is -2.38. The number of benzene rings is 2. The maximum atomic E-state index is 12.7. The standard InChI is InChI=1S/C20H25N3O3S/c1-14(2)16-5-3-15(4-6-16)13-23(18-9-10-18)20(24)22-17-7-11-19(12-8-17)27(21,25)26/h3-8,11-12,14,18H,9-10,13H2,1-2H3,(H,22,24)(H2,21,25,26). The monoisotopic (exact) mass is 387 g/mol. The van der Waals surface area contributed by atoms with Gasteiger partial charge in [-0.2, -0.15) is 0 Å². The zero-order valence-corrected chi connectivity index (χ0v) is 16.4. The molecule has 0 spiro atoms. The minimum absolute atomic E-state index is 0.0183. The Labute approximate surface area is 160 Å². The van der Waals surface area contributed by atoms with E-state index >= 15 is 0 Å². The second-order valence-electron chi connectivity index (χ2n) is 7.25. The van der Waals surface area contributed by atoms with E-state index in [4.69, 9.17) is 5.14 Å². The van der Waals surface area contributed by atoms with Crippen molar-refractivity contribution in [2.45, 2.75) is 50.1 Å². The van der Waals surface area contributed by atoms with Crippen LogP contribution in [0, 0.1) is 0 Å². The Bertz CT molecular complexity index is 902. The number of carbonyl (C=O) groups is 1. The predicted molar refractivity (Wildman–Crippen MR) is 106 cm³/mol. The molecule has 2 aromatic carbocycles. The third-order valence-electron chi connectivity index (χ3n) is 4.68. The Morgan fingerprint density at radius 3 is 2.19 bits per heavy atom. The van der Waals surface area contributed by atoms with E-state index in [1.807, 2.05) is 4.90 Å². The molecule has 0 aliphatic heterocycles. The number of amides is 2. The smallest absolute Gasteiger partial charge is 0.317 e. The molecule has 144 valence electrons. The molecule has 27 heavy (non-hydrogen) atoms. The van der Waals surface area contributed by atoms with Gasteiger partial charge >= 0.3 is 6.03 Å². The minimum Gasteiger partial charge on any atom is -0.317 e. The van der Waals surface area contributed by atoms with Gasteiger partial charge in [-0.25, -0.2) is 18.4 Å². The van der Waals surface area contributed by atoms with Crippen LogP contribution in [-0.4, -0.2) is 25.4 Å². The highest BCUT2D eigenvalue weighted by atomic mass is 32.2. The molecular formula is C20H25N3O3S. The molecule has 1 saturated carbocycles. The number of nitrogens with zero attached hydrogens (tertiary/aromatic N) is 1. The maximum Gasteiger partial charge on any atom is 0.322 e. The van der Waals surface area contributed by atoms with Crippen molar-refractivity contribution in [2.24, 2.45) is 5.14 Å². The van der Waals surface area contributed by atoms with Crippen LogP contribution in [0.1, 0.15) is 43.7 Å². The molecular weight excluding hydrogens is 362 g/mol. The van der Waals surface area contributed by atoms with E-state index < -0.39 is 10.0 Å². The van der Waals surface area contributed by atoms with Gasteiger partial charge in [-0.15, -0.1) is 0 Å². The topological polar surface area (TPSA) is 92.5 Å². The molecule has 0 aromatic heterocycles. The fraction of sp³-hybridized carbons (Fsp3) is 0.350. The summed E-state index contributed by atoms with van der Waals surface area (Å²) in [4.78, 5) is 14.6. The maximum absolute atomic E-state index is 12.7. The van der Waals surface area contributed by atoms with E-state index in [-0.39, 0.29) is 17.0 Å². The molecule has 0 bridgehead atoms. The molecule has 1 fully saturated rings. The van der Waals surface area contributed by atoms with Crippen LogP contribution < -0.4 is 10.5 Å². The Morgan fingerprint density at radius 2 is 1.70 bits per heavy atom. The van der Waals surface area contributed by atoms with Crippen LogP contribution >= 0.6 is 0 Å². The van der Waals surface area contributed by atoms with Gasteiger partial charge in [0.1, 0.15) is 0 Å². The van der Waals surface area contributed by atoms with Gasteiger partial charge in [0, 0.05) is 18.3 Å². The largest absolute Gasteiger partial charge is 0.322 e. The molecule has 0 radical (unpaired) electrons. The lowest BCUT2D eigenvalue weighted by Crippen LogP contribution is -2.36. The SMILES string of the molecule is CC(C)c1ccc(CN(C(=O)Nc2ccc(S(N)(=O)=O)cc2)C2CC2)cc1. The van der Waals surface area contributed by atoms with Crippen LogP contribution in [0.2, 0.25) is 0 Å². The third kappa shape index (κ3) is 5.08. The number of hydrogen-bond acceptors (Lipinski definition) is 3. The molecule has 2 amide bonds. The van der Waals surface area contributed by atoms with E-state index in [9.17, 15) is 13.2 Å². The average Bonchev–Trinajstić information content (AvgIpc) is 3.44. The zero-order valence-electron chi connectivity index (χ0n) is 15.6. The number of urea groups is 1. The first-order chi connectivity index (χ1) is 12.7. The van der Waals surface area contributed by atoms with E-state index in [1.54, 1.807) is 12.1 Å². The van der Waals surface area contributed by atoms with E-state index in [2.05, 4.69) is 43.4 Å². The summed E-state index contributed by atoms with van der Waals surface area (Å²) in [5.41, 5.74) is 2.90. The van der Waals surface area contributed by atoms with Crippen molar-refractivity contribution >= 4 is 21.7 Å². The highest BCUT2D eigenvalue weighted by Crippen LogP contribution is 2.29. The average molecular weight is 388 g/mol. The highest BCUT2D eigenvalue weighted by Gasteiger charge is 2.32. The van der Waals surface area contributed by atoms with Gasteiger partial charge in [-0.1, -0.05) is 38.1 Å². The van der Waals surface area contributed by atoms with Gasteiger partial charge in [0.25, 0.3) is 0 Å². The second kappa shape index (κ2) is 7.70. The normalized spacial score (nSPS) is 14.2. The van der Waals surface area contributed by atoms with Gasteiger partial charge in [0.15, 0.2) is 0 Å². The van der Waals surface area contributed by atoms with Crippen molar-refractivity contribution < 1.29 is 13.2 Å². The summed E-state index contributed by atoms with van der Waals surface area (Å²) >= 11 is 0. The lowest BCUT2D eigenvalue weighted by Gasteiger charge is -2.23. The molecule has 0 saturated heterocycles. The lowest BCUT2D eigenvalue weighted by molar-refractivity contribution is 0.206. The summed E-state index contributed by atoms with van der Waals surface area (Å²) < 4.78 is 22.6. The van der Waals surface area contributed by atoms with Crippen LogP contribution in [0.4, 0.5) is 10.5 Å². The van der Waals surface area contributed by atoms with Crippen molar-refractivity contribution in [3.8, 4) is 0 Å². The van der Waals surface area contributed by atoms with Crippen molar-refractivity contribution in [1.29, 1.82) is 0 Å². The van der Waals surface area contributed by atoms with Crippen LogP contribution in [0.3, 0.4) is 0 Å². The summed E-state index contributed by atoms with van der Waals surface area (Å²) in [7, 11) is -3.74. The van der Waals surface area contributed by atoms with Gasteiger partial charge in [-0.05, 0) is 54.2 Å². The summed E-state index contributed by atoms with van der Waals surface area (Å²) in [6.45, 7) is 4.85. The summed E-state index contributed by atoms with van der Waals surface area (Å²) in [5.74, 6) is 0.474. The molecule has 0 unspecified atom stereocenters. The lowest BCUT2D eigenvalue weighted by atomic mass is 10.0. The van der Waals surface area contributed by atoms with Crippen LogP contribution in [0.5, 0.6) is 0 Å². The first-order valence-corrected chi connectivity index (χ1v) is 10.6. The van der Waals surface area contributed by atoms with Crippen LogP contribution in [-0.2, 0) is 16.6 Å². The third-order valence-corrected chi connectivity index (χ3v) is 5.61. The first-order valence-electron chi connectivity index (χ1n) is 9.03. The van der Waals surface area contributed by atoms with Gasteiger partial charge in [0.2, 0.25) is 10.0 Å². The molecule has 3 rings (SSSR count). The Balaban J connectivity index is 1.68. The number of sulfonamides is 1. The number of carbonyl (C=O) groups excluding carboxylic acids is 1. The molecule has 0 heterocycles. The van der Waals surface area contributed by atoms with Gasteiger partial charge in [0.05, 0.1) is 4.90 Å². The number of rotatable bonds is 6. The fourth-order valence-corrected chi connectivity index (χ4v) is 3.40. The number of anilines is 1. The molecule has 1 aliphatic rings. The van der Waals surface area contributed by atoms with E-state index in [1.165, 1.54) is 17.7 Å². The van der Waals surface area contributed by atoms with Crippen molar-refractivity contribution in [3.05, 3.63) is 59.7 Å². The van der Waals surface area contributed by atoms with Crippen molar-refractivity contribution in [2.75, 3.05) is 5.32 Å². The number of nitrogens with one attached hydrogen (secondary N) is 1. The highest BCUT2D eigenvalue weighted by molar-refractivity contribution is 7.89. The summed E-state index contributed by atoms with van der Waals surface area (Å²) in [5, 5.41) is 7.94. The number of primary sulfonamides is 1. The Morgan fingerprint density at radius 1 is 1.11 bits per heavy atom. The second-order valence-corrected chi connectivity index (χ2v) is 8.82. The molecule has 0 atom stereocenters. The van der Waals surface area contributed by atoms with Crippen molar-refractivity contribution in [3.63, 3.8) is 0 Å². The molecule has 6 nitrogen and oxygen atoms in total. The Kier molecular flexibility index (Phi) is 5.53. The van der Waals surface area contributed by atoms with E-state index in [0.717, 1.165) is 18.4 Å². The number of nitrogens with two attached hydrogens (primary N) is 1. The van der Waals surface area contributed by atoms with Crippen LogP contribution in [0.15, 0.2) is 53.4 Å². The summed E-state index contributed by atoms with van der Waals surface area (Å²) in [6, 6.07) is 14.3. The number of hydrogen-bond donors (Lipinski definition) is 2. The van der Waals surface area contributed by atoms with Gasteiger partial charge < -0.3 is 10.2 Å². The minimum atomic E-state index is -3.74. The molecule has 3 N–H and O–H groups in total. The van der Waals surface area contributed by atoms with E-state index in [0.29, 0.717) is 18.2 Å². The fourth-order valence-electron chi connectivity index (χ4n) is 2.88. The van der Waals surface area contributed by atoms with Crippen molar-refractivity contribution in [1.82, 2.24) is 4.90 Å². The van der Waals surface area contributed by atoms with Gasteiger partial charge in [-0.3, -0.25) is 0 Å². The zero-order chi connectivity index (χ0) is 19.6. The first kappa shape index (κ1) is 19.4. The predicted octanol–water partition coefficient (Wildman–Crippen LogP) is 3.65. The molecule has 7 heteroatoms. The molecule has 2 aromatic rings. The summed E-state index contributed by atoms with van der Waals surface area (Å²) in [6.07, 6.45) is 2.00. The quantitative estimate of drug-likeness (QED) is 0.792.